The Morgan fingerprint density at radius 1 is 0.850 bits per heavy atom. The molecule has 4 heteroatoms. The lowest BCUT2D eigenvalue weighted by Gasteiger charge is -2.25. The third kappa shape index (κ3) is 3.64. The van der Waals surface area contributed by atoms with Crippen molar-refractivity contribution in [3.63, 3.8) is 0 Å². The number of hydrogen-bond acceptors (Lipinski definition) is 4. The van der Waals surface area contributed by atoms with Crippen molar-refractivity contribution in [2.24, 2.45) is 9.98 Å². The summed E-state index contributed by atoms with van der Waals surface area (Å²) in [5.74, 6) is 0. The minimum absolute atomic E-state index is 0.349. The zero-order chi connectivity index (χ0) is 13.6. The van der Waals surface area contributed by atoms with Gasteiger partial charge in [0.15, 0.2) is 0 Å². The van der Waals surface area contributed by atoms with Gasteiger partial charge in [0.25, 0.3) is 0 Å². The van der Waals surface area contributed by atoms with E-state index in [1.807, 2.05) is 12.4 Å². The van der Waals surface area contributed by atoms with E-state index in [0.717, 1.165) is 12.8 Å². The molecule has 0 unspecified atom stereocenters. The first-order valence-electron chi connectivity index (χ1n) is 7.05. The van der Waals surface area contributed by atoms with Crippen LogP contribution in [-0.2, 0) is 0 Å². The summed E-state index contributed by atoms with van der Waals surface area (Å²) in [6.45, 7) is 0. The molecule has 0 radical (unpaired) electrons. The molecule has 1 saturated carbocycles. The number of thiophene rings is 2. The molecule has 1 fully saturated rings. The smallest absolute Gasteiger partial charge is 0.0723 e. The molecule has 0 spiro atoms. The first-order valence-corrected chi connectivity index (χ1v) is 8.81. The fourth-order valence-electron chi connectivity index (χ4n) is 2.51. The molecule has 0 aromatic carbocycles. The summed E-state index contributed by atoms with van der Waals surface area (Å²) in [5, 5.41) is 4.18. The van der Waals surface area contributed by atoms with Crippen LogP contribution in [0.15, 0.2) is 45.0 Å². The minimum atomic E-state index is 0.349. The van der Waals surface area contributed by atoms with Gasteiger partial charge in [-0.15, -0.1) is 22.7 Å². The van der Waals surface area contributed by atoms with Crippen LogP contribution in [0.5, 0.6) is 0 Å². The molecule has 0 saturated heterocycles. The second-order valence-electron chi connectivity index (χ2n) is 5.01. The van der Waals surface area contributed by atoms with Crippen LogP contribution in [0.25, 0.3) is 0 Å². The van der Waals surface area contributed by atoms with Gasteiger partial charge in [-0.2, -0.15) is 0 Å². The Balaban J connectivity index is 1.67. The molecule has 0 amide bonds. The maximum atomic E-state index is 4.78. The quantitative estimate of drug-likeness (QED) is 0.734. The molecular formula is C16H18N2S2. The highest BCUT2D eigenvalue weighted by molar-refractivity contribution is 7.12. The standard InChI is InChI=1S/C16H18N2S2/c1-2-8-16(18-12-14-6-4-10-20-14)15(7-1)17-11-13-5-3-9-19-13/h3-6,9-12,15-16H,1-2,7-8H2/t15-,16-/m1/s1. The number of hydrogen-bond donors (Lipinski definition) is 0. The molecule has 1 aliphatic rings. The molecule has 2 aromatic rings. The fourth-order valence-corrected chi connectivity index (χ4v) is 3.69. The second kappa shape index (κ2) is 6.95. The highest BCUT2D eigenvalue weighted by atomic mass is 32.1. The molecule has 2 atom stereocenters. The Bertz CT molecular complexity index is 503. The van der Waals surface area contributed by atoms with E-state index in [4.69, 9.17) is 9.98 Å². The van der Waals surface area contributed by atoms with Gasteiger partial charge in [-0.05, 0) is 35.7 Å². The Labute approximate surface area is 127 Å². The van der Waals surface area contributed by atoms with Gasteiger partial charge in [-0.3, -0.25) is 9.98 Å². The summed E-state index contributed by atoms with van der Waals surface area (Å²) in [5.41, 5.74) is 0. The van der Waals surface area contributed by atoms with Gasteiger partial charge < -0.3 is 0 Å². The van der Waals surface area contributed by atoms with Crippen LogP contribution in [0.3, 0.4) is 0 Å². The van der Waals surface area contributed by atoms with Gasteiger partial charge in [0.05, 0.1) is 12.1 Å². The average molecular weight is 302 g/mol. The third-order valence-corrected chi connectivity index (χ3v) is 5.18. The maximum Gasteiger partial charge on any atom is 0.0723 e. The van der Waals surface area contributed by atoms with Gasteiger partial charge in [0.2, 0.25) is 0 Å². The van der Waals surface area contributed by atoms with E-state index < -0.39 is 0 Å². The van der Waals surface area contributed by atoms with Crippen LogP contribution in [0.4, 0.5) is 0 Å². The van der Waals surface area contributed by atoms with E-state index in [9.17, 15) is 0 Å². The Hall–Kier alpha value is -1.26. The van der Waals surface area contributed by atoms with E-state index in [-0.39, 0.29) is 0 Å². The number of nitrogens with zero attached hydrogens (tertiary/aromatic N) is 2. The highest BCUT2D eigenvalue weighted by Gasteiger charge is 2.23. The predicted molar refractivity (Wildman–Crippen MR) is 89.9 cm³/mol. The van der Waals surface area contributed by atoms with Crippen molar-refractivity contribution in [2.45, 2.75) is 37.8 Å². The largest absolute Gasteiger partial charge is 0.286 e. The second-order valence-corrected chi connectivity index (χ2v) is 6.96. The normalized spacial score (nSPS) is 23.8. The van der Waals surface area contributed by atoms with Crippen molar-refractivity contribution in [3.8, 4) is 0 Å². The van der Waals surface area contributed by atoms with Crippen molar-refractivity contribution < 1.29 is 0 Å². The number of rotatable bonds is 4. The molecule has 2 heterocycles. The Morgan fingerprint density at radius 3 is 1.75 bits per heavy atom. The highest BCUT2D eigenvalue weighted by Crippen LogP contribution is 2.24. The minimum Gasteiger partial charge on any atom is -0.286 e. The van der Waals surface area contributed by atoms with Gasteiger partial charge in [0.1, 0.15) is 0 Å². The monoisotopic (exact) mass is 302 g/mol. The van der Waals surface area contributed by atoms with E-state index in [0.29, 0.717) is 12.1 Å². The van der Waals surface area contributed by atoms with Crippen molar-refractivity contribution in [1.29, 1.82) is 0 Å². The molecule has 3 rings (SSSR count). The van der Waals surface area contributed by atoms with E-state index in [1.165, 1.54) is 22.6 Å². The molecular weight excluding hydrogens is 284 g/mol. The van der Waals surface area contributed by atoms with Crippen molar-refractivity contribution in [1.82, 2.24) is 0 Å². The van der Waals surface area contributed by atoms with Crippen molar-refractivity contribution in [2.75, 3.05) is 0 Å². The van der Waals surface area contributed by atoms with E-state index in [1.54, 1.807) is 22.7 Å². The molecule has 2 aromatic heterocycles. The zero-order valence-corrected chi connectivity index (χ0v) is 12.9. The SMILES string of the molecule is C(=N[C@@H]1CCCC[C@H]1N=Cc1cccs1)c1cccs1. The first-order chi connectivity index (χ1) is 9.92. The molecule has 104 valence electrons. The molecule has 0 N–H and O–H groups in total. The van der Waals surface area contributed by atoms with Crippen LogP contribution >= 0.6 is 22.7 Å². The van der Waals surface area contributed by atoms with Gasteiger partial charge in [-0.1, -0.05) is 25.0 Å². The summed E-state index contributed by atoms with van der Waals surface area (Å²) < 4.78 is 0. The summed E-state index contributed by atoms with van der Waals surface area (Å²) in [4.78, 5) is 12.0. The third-order valence-electron chi connectivity index (χ3n) is 3.57. The molecule has 1 aliphatic carbocycles. The Morgan fingerprint density at radius 2 is 1.35 bits per heavy atom. The summed E-state index contributed by atoms with van der Waals surface area (Å²) in [6.07, 6.45) is 8.92. The molecule has 2 nitrogen and oxygen atoms in total. The molecule has 0 aliphatic heterocycles. The number of aliphatic imine (C=N–C) groups is 2. The zero-order valence-electron chi connectivity index (χ0n) is 11.3. The maximum absolute atomic E-state index is 4.78. The molecule has 0 bridgehead atoms. The summed E-state index contributed by atoms with van der Waals surface area (Å²) >= 11 is 3.48. The topological polar surface area (TPSA) is 24.7 Å². The van der Waals surface area contributed by atoms with Crippen molar-refractivity contribution >= 4 is 35.1 Å². The summed E-state index contributed by atoms with van der Waals surface area (Å²) in [7, 11) is 0. The van der Waals surface area contributed by atoms with Crippen LogP contribution < -0.4 is 0 Å². The van der Waals surface area contributed by atoms with E-state index >= 15 is 0 Å². The fraction of sp³-hybridized carbons (Fsp3) is 0.375. The van der Waals surface area contributed by atoms with E-state index in [2.05, 4.69) is 35.0 Å². The average Bonchev–Trinajstić information content (AvgIpc) is 3.17. The first kappa shape index (κ1) is 13.7. The van der Waals surface area contributed by atoms with Crippen LogP contribution in [-0.4, -0.2) is 24.5 Å². The lowest BCUT2D eigenvalue weighted by Crippen LogP contribution is -2.27. The molecule has 20 heavy (non-hydrogen) atoms. The van der Waals surface area contributed by atoms with Crippen molar-refractivity contribution in [3.05, 3.63) is 44.8 Å². The van der Waals surface area contributed by atoms with Gasteiger partial charge in [0, 0.05) is 22.2 Å². The van der Waals surface area contributed by atoms with Gasteiger partial charge in [-0.25, -0.2) is 0 Å². The van der Waals surface area contributed by atoms with Crippen LogP contribution in [0.2, 0.25) is 0 Å². The summed E-state index contributed by atoms with van der Waals surface area (Å²) in [6, 6.07) is 9.06. The Kier molecular flexibility index (Phi) is 4.77. The van der Waals surface area contributed by atoms with Crippen LogP contribution in [0.1, 0.15) is 35.4 Å². The lowest BCUT2D eigenvalue weighted by molar-refractivity contribution is 0.390. The lowest BCUT2D eigenvalue weighted by atomic mass is 9.91. The van der Waals surface area contributed by atoms with Gasteiger partial charge >= 0.3 is 0 Å². The predicted octanol–water partition coefficient (Wildman–Crippen LogP) is 4.66. The van der Waals surface area contributed by atoms with Crippen LogP contribution in [0, 0.1) is 0 Å².